The van der Waals surface area contributed by atoms with Crippen LogP contribution in [0, 0.1) is 0 Å². The van der Waals surface area contributed by atoms with Crippen molar-refractivity contribution in [2.75, 3.05) is 27.3 Å². The lowest BCUT2D eigenvalue weighted by Crippen LogP contribution is -2.60. The Hall–Kier alpha value is -3.79. The summed E-state index contributed by atoms with van der Waals surface area (Å²) in [5.74, 6) is 1.03. The summed E-state index contributed by atoms with van der Waals surface area (Å²) >= 11 is 0. The van der Waals surface area contributed by atoms with Gasteiger partial charge in [0.1, 0.15) is 16.8 Å². The van der Waals surface area contributed by atoms with Crippen LogP contribution in [0.3, 0.4) is 0 Å². The second kappa shape index (κ2) is 9.02. The van der Waals surface area contributed by atoms with Gasteiger partial charge in [0.25, 0.3) is 5.88 Å². The second-order valence-corrected chi connectivity index (χ2v) is 10.1. The fourth-order valence-corrected chi connectivity index (χ4v) is 4.47. The summed E-state index contributed by atoms with van der Waals surface area (Å²) < 4.78 is 18.3. The summed E-state index contributed by atoms with van der Waals surface area (Å²) in [5.41, 5.74) is 5.10. The lowest BCUT2D eigenvalue weighted by molar-refractivity contribution is 0.00519. The maximum Gasteiger partial charge on any atom is 0.410 e. The van der Waals surface area contributed by atoms with Crippen molar-refractivity contribution in [3.8, 4) is 22.9 Å². The van der Waals surface area contributed by atoms with Crippen molar-refractivity contribution in [1.82, 2.24) is 29.7 Å². The third-order valence-electron chi connectivity index (χ3n) is 6.33. The van der Waals surface area contributed by atoms with Gasteiger partial charge in [0.15, 0.2) is 5.75 Å². The molecule has 1 aliphatic rings. The topological polar surface area (TPSA) is 107 Å². The molecule has 0 saturated carbocycles. The van der Waals surface area contributed by atoms with Gasteiger partial charge in [-0.2, -0.15) is 0 Å². The van der Waals surface area contributed by atoms with E-state index >= 15 is 0 Å². The van der Waals surface area contributed by atoms with Crippen LogP contribution in [-0.2, 0) is 18.3 Å². The number of methoxy groups -OCH3 is 2. The van der Waals surface area contributed by atoms with Crippen LogP contribution in [0.25, 0.3) is 33.3 Å². The van der Waals surface area contributed by atoms with Crippen molar-refractivity contribution >= 4 is 28.2 Å². The molecule has 0 radical (unpaired) electrons. The number of nitrogens with one attached hydrogen (secondary N) is 2. The Morgan fingerprint density at radius 3 is 2.69 bits per heavy atom. The first-order valence-electron chi connectivity index (χ1n) is 11.9. The third kappa shape index (κ3) is 4.44. The first-order valence-corrected chi connectivity index (χ1v) is 11.9. The molecule has 5 heterocycles. The summed E-state index contributed by atoms with van der Waals surface area (Å²) in [6, 6.07) is 6.29. The molecule has 5 rings (SSSR count). The van der Waals surface area contributed by atoms with E-state index in [1.54, 1.807) is 19.1 Å². The zero-order valence-electron chi connectivity index (χ0n) is 21.5. The SMILES string of the molecule is COc1cc2c(nc1OC)c(-c1cc3c(CNC4CN(C(=O)OC(C)(C)C)C4)ccnc3[nH]1)cn2C. The highest BCUT2D eigenvalue weighted by Crippen LogP contribution is 2.36. The van der Waals surface area contributed by atoms with Gasteiger partial charge in [-0.25, -0.2) is 14.8 Å². The Morgan fingerprint density at radius 1 is 1.22 bits per heavy atom. The lowest BCUT2D eigenvalue weighted by atomic mass is 10.1. The largest absolute Gasteiger partial charge is 0.491 e. The average Bonchev–Trinajstić information content (AvgIpc) is 3.37. The quantitative estimate of drug-likeness (QED) is 0.421. The van der Waals surface area contributed by atoms with Crippen molar-refractivity contribution in [1.29, 1.82) is 0 Å². The maximum absolute atomic E-state index is 12.2. The van der Waals surface area contributed by atoms with Gasteiger partial charge >= 0.3 is 6.09 Å². The van der Waals surface area contributed by atoms with Gasteiger partial charge in [-0.1, -0.05) is 0 Å². The number of aryl methyl sites for hydroxylation is 1. The van der Waals surface area contributed by atoms with Gasteiger partial charge in [-0.15, -0.1) is 0 Å². The summed E-state index contributed by atoms with van der Waals surface area (Å²) in [4.78, 5) is 26.6. The lowest BCUT2D eigenvalue weighted by Gasteiger charge is -2.40. The van der Waals surface area contributed by atoms with E-state index < -0.39 is 5.60 Å². The van der Waals surface area contributed by atoms with Crippen molar-refractivity contribution in [2.45, 2.75) is 39.0 Å². The number of aromatic nitrogens is 4. The number of hydrogen-bond donors (Lipinski definition) is 2. The molecule has 36 heavy (non-hydrogen) atoms. The Kier molecular flexibility index (Phi) is 5.99. The standard InChI is InChI=1S/C26H32N6O4/c1-26(2,3)36-25(33)32-12-16(13-32)28-11-15-7-8-27-23-17(15)9-19(29-23)18-14-31(4)20-10-21(34-5)24(35-6)30-22(18)20/h7-10,14,16,28H,11-13H2,1-6H3,(H,27,29). The number of rotatable bonds is 6. The molecular weight excluding hydrogens is 460 g/mol. The van der Waals surface area contributed by atoms with Crippen molar-refractivity contribution in [2.24, 2.45) is 7.05 Å². The molecule has 1 saturated heterocycles. The Balaban J connectivity index is 1.35. The zero-order chi connectivity index (χ0) is 25.6. The van der Waals surface area contributed by atoms with Gasteiger partial charge < -0.3 is 34.0 Å². The van der Waals surface area contributed by atoms with Gasteiger partial charge in [-0.05, 0) is 38.5 Å². The molecule has 1 aliphatic heterocycles. The van der Waals surface area contributed by atoms with E-state index in [1.807, 2.05) is 56.9 Å². The summed E-state index contributed by atoms with van der Waals surface area (Å²) in [6.45, 7) is 7.57. The van der Waals surface area contributed by atoms with Gasteiger partial charge in [0.05, 0.1) is 25.4 Å². The highest BCUT2D eigenvalue weighted by Gasteiger charge is 2.33. The minimum absolute atomic E-state index is 0.226. The second-order valence-electron chi connectivity index (χ2n) is 10.1. The molecule has 4 aromatic heterocycles. The normalized spacial score (nSPS) is 14.3. The molecule has 190 valence electrons. The molecule has 0 spiro atoms. The van der Waals surface area contributed by atoms with E-state index in [-0.39, 0.29) is 12.1 Å². The van der Waals surface area contributed by atoms with Crippen LogP contribution in [0.2, 0.25) is 0 Å². The predicted molar refractivity (Wildman–Crippen MR) is 137 cm³/mol. The minimum Gasteiger partial charge on any atom is -0.491 e. The number of carbonyl (C=O) groups excluding carboxylic acids is 1. The highest BCUT2D eigenvalue weighted by molar-refractivity contribution is 5.96. The molecule has 0 bridgehead atoms. The monoisotopic (exact) mass is 492 g/mol. The van der Waals surface area contributed by atoms with Crippen LogP contribution in [-0.4, -0.2) is 69.5 Å². The van der Waals surface area contributed by atoms with E-state index in [1.165, 1.54) is 0 Å². The van der Waals surface area contributed by atoms with Crippen LogP contribution in [0.1, 0.15) is 26.3 Å². The number of amides is 1. The predicted octanol–water partition coefficient (Wildman–Crippen LogP) is 3.84. The summed E-state index contributed by atoms with van der Waals surface area (Å²) in [6.07, 6.45) is 3.58. The molecule has 10 nitrogen and oxygen atoms in total. The molecule has 4 aromatic rings. The smallest absolute Gasteiger partial charge is 0.410 e. The van der Waals surface area contributed by atoms with E-state index in [0.29, 0.717) is 31.3 Å². The van der Waals surface area contributed by atoms with Crippen LogP contribution in [0.5, 0.6) is 11.6 Å². The number of H-pyrrole nitrogens is 1. The van der Waals surface area contributed by atoms with Crippen molar-refractivity contribution < 1.29 is 19.0 Å². The number of pyridine rings is 2. The van der Waals surface area contributed by atoms with Crippen LogP contribution >= 0.6 is 0 Å². The first kappa shape index (κ1) is 23.9. The molecular formula is C26H32N6O4. The molecule has 0 atom stereocenters. The molecule has 2 N–H and O–H groups in total. The Labute approximate surface area is 209 Å². The van der Waals surface area contributed by atoms with Crippen molar-refractivity contribution in [3.05, 3.63) is 36.2 Å². The van der Waals surface area contributed by atoms with Gasteiger partial charge in [0.2, 0.25) is 0 Å². The first-order chi connectivity index (χ1) is 17.2. The van der Waals surface area contributed by atoms with E-state index in [4.69, 9.17) is 19.2 Å². The molecule has 1 fully saturated rings. The van der Waals surface area contributed by atoms with Gasteiger partial charge in [0, 0.05) is 62.1 Å². The molecule has 0 aromatic carbocycles. The number of likely N-dealkylation sites (tertiary alicyclic amines) is 1. The van der Waals surface area contributed by atoms with E-state index in [2.05, 4.69) is 21.4 Å². The highest BCUT2D eigenvalue weighted by atomic mass is 16.6. The average molecular weight is 493 g/mol. The van der Waals surface area contributed by atoms with Crippen LogP contribution in [0.15, 0.2) is 30.6 Å². The minimum atomic E-state index is -0.485. The molecule has 1 amide bonds. The zero-order valence-corrected chi connectivity index (χ0v) is 21.5. The number of nitrogens with zero attached hydrogens (tertiary/aromatic N) is 4. The van der Waals surface area contributed by atoms with Crippen LogP contribution in [0.4, 0.5) is 4.79 Å². The number of fused-ring (bicyclic) bond motifs is 2. The van der Waals surface area contributed by atoms with E-state index in [9.17, 15) is 4.79 Å². The maximum atomic E-state index is 12.2. The molecule has 10 heteroatoms. The fraction of sp³-hybridized carbons (Fsp3) is 0.423. The third-order valence-corrected chi connectivity index (χ3v) is 6.33. The Morgan fingerprint density at radius 2 is 2.00 bits per heavy atom. The number of aromatic amines is 1. The number of hydrogen-bond acceptors (Lipinski definition) is 7. The molecule has 0 unspecified atom stereocenters. The molecule has 0 aliphatic carbocycles. The fourth-order valence-electron chi connectivity index (χ4n) is 4.47. The summed E-state index contributed by atoms with van der Waals surface area (Å²) in [7, 11) is 5.17. The van der Waals surface area contributed by atoms with Crippen LogP contribution < -0.4 is 14.8 Å². The number of carbonyl (C=O) groups is 1. The summed E-state index contributed by atoms with van der Waals surface area (Å²) in [5, 5.41) is 4.59. The van der Waals surface area contributed by atoms with E-state index in [0.717, 1.165) is 38.9 Å². The van der Waals surface area contributed by atoms with Crippen molar-refractivity contribution in [3.63, 3.8) is 0 Å². The number of ether oxygens (including phenoxy) is 3. The van der Waals surface area contributed by atoms with Gasteiger partial charge in [-0.3, -0.25) is 0 Å². The Bertz CT molecular complexity index is 1430.